The maximum atomic E-state index is 12.2. The molecule has 0 saturated carbocycles. The van der Waals surface area contributed by atoms with Gasteiger partial charge in [-0.1, -0.05) is 18.2 Å². The first-order valence-corrected chi connectivity index (χ1v) is 4.74. The van der Waals surface area contributed by atoms with E-state index in [0.717, 1.165) is 11.3 Å². The molecular formula is C11H15F2N. The fraction of sp³-hybridized carbons (Fsp3) is 0.455. The Morgan fingerprint density at radius 2 is 1.93 bits per heavy atom. The molecule has 78 valence electrons. The van der Waals surface area contributed by atoms with E-state index in [0.29, 0.717) is 6.54 Å². The van der Waals surface area contributed by atoms with E-state index in [4.69, 9.17) is 0 Å². The van der Waals surface area contributed by atoms with Gasteiger partial charge < -0.3 is 4.90 Å². The minimum Gasteiger partial charge on any atom is -0.366 e. The Morgan fingerprint density at radius 3 is 2.43 bits per heavy atom. The van der Waals surface area contributed by atoms with E-state index in [1.54, 1.807) is 4.90 Å². The third-order valence-corrected chi connectivity index (χ3v) is 2.20. The highest BCUT2D eigenvalue weighted by Gasteiger charge is 2.11. The van der Waals surface area contributed by atoms with E-state index in [1.807, 2.05) is 38.1 Å². The lowest BCUT2D eigenvalue weighted by molar-refractivity contribution is 0.155. The molecule has 0 aliphatic heterocycles. The SMILES string of the molecule is CCN(CC(F)F)c1ccccc1C. The van der Waals surface area contributed by atoms with Crippen LogP contribution in [0.1, 0.15) is 12.5 Å². The summed E-state index contributed by atoms with van der Waals surface area (Å²) in [5.41, 5.74) is 1.94. The Bertz CT molecular complexity index is 286. The number of hydrogen-bond donors (Lipinski definition) is 0. The molecule has 0 bridgehead atoms. The molecule has 0 spiro atoms. The van der Waals surface area contributed by atoms with E-state index in [2.05, 4.69) is 0 Å². The largest absolute Gasteiger partial charge is 0.366 e. The molecule has 0 fully saturated rings. The zero-order valence-corrected chi connectivity index (χ0v) is 8.50. The highest BCUT2D eigenvalue weighted by Crippen LogP contribution is 2.19. The number of halogens is 2. The summed E-state index contributed by atoms with van der Waals surface area (Å²) in [5, 5.41) is 0. The Hall–Kier alpha value is -1.12. The van der Waals surface area contributed by atoms with E-state index < -0.39 is 6.43 Å². The second kappa shape index (κ2) is 4.94. The summed E-state index contributed by atoms with van der Waals surface area (Å²) in [7, 11) is 0. The van der Waals surface area contributed by atoms with Crippen LogP contribution in [0.3, 0.4) is 0 Å². The van der Waals surface area contributed by atoms with Crippen molar-refractivity contribution in [2.75, 3.05) is 18.0 Å². The second-order valence-electron chi connectivity index (χ2n) is 3.22. The molecule has 0 amide bonds. The van der Waals surface area contributed by atoms with Crippen molar-refractivity contribution in [2.45, 2.75) is 20.3 Å². The molecular weight excluding hydrogens is 184 g/mol. The Balaban J connectivity index is 2.83. The number of anilines is 1. The van der Waals surface area contributed by atoms with Gasteiger partial charge in [0.15, 0.2) is 0 Å². The van der Waals surface area contributed by atoms with Gasteiger partial charge >= 0.3 is 0 Å². The van der Waals surface area contributed by atoms with Crippen LogP contribution in [0.2, 0.25) is 0 Å². The van der Waals surface area contributed by atoms with Gasteiger partial charge in [0.05, 0.1) is 6.54 Å². The first kappa shape index (κ1) is 11.0. The molecule has 0 radical (unpaired) electrons. The van der Waals surface area contributed by atoms with E-state index >= 15 is 0 Å². The Labute approximate surface area is 83.3 Å². The first-order valence-electron chi connectivity index (χ1n) is 4.74. The van der Waals surface area contributed by atoms with Crippen molar-refractivity contribution in [3.8, 4) is 0 Å². The van der Waals surface area contributed by atoms with Crippen molar-refractivity contribution >= 4 is 5.69 Å². The summed E-state index contributed by atoms with van der Waals surface area (Å²) in [6.07, 6.45) is -2.28. The van der Waals surface area contributed by atoms with Crippen molar-refractivity contribution < 1.29 is 8.78 Å². The standard InChI is InChI=1S/C11H15F2N/c1-3-14(8-11(12)13)10-7-5-4-6-9(10)2/h4-7,11H,3,8H2,1-2H3. The van der Waals surface area contributed by atoms with Gasteiger partial charge in [-0.25, -0.2) is 8.78 Å². The second-order valence-corrected chi connectivity index (χ2v) is 3.22. The third kappa shape index (κ3) is 2.69. The van der Waals surface area contributed by atoms with Crippen LogP contribution in [-0.4, -0.2) is 19.5 Å². The lowest BCUT2D eigenvalue weighted by Gasteiger charge is -2.24. The number of rotatable bonds is 4. The highest BCUT2D eigenvalue weighted by molar-refractivity contribution is 5.52. The maximum Gasteiger partial charge on any atom is 0.255 e. The van der Waals surface area contributed by atoms with Crippen LogP contribution in [0.15, 0.2) is 24.3 Å². The predicted molar refractivity (Wildman–Crippen MR) is 55.1 cm³/mol. The molecule has 0 atom stereocenters. The number of alkyl halides is 2. The fourth-order valence-electron chi connectivity index (χ4n) is 1.48. The lowest BCUT2D eigenvalue weighted by atomic mass is 10.2. The molecule has 0 aromatic heterocycles. The fourth-order valence-corrected chi connectivity index (χ4v) is 1.48. The summed E-state index contributed by atoms with van der Waals surface area (Å²) >= 11 is 0. The van der Waals surface area contributed by atoms with Crippen LogP contribution in [-0.2, 0) is 0 Å². The molecule has 1 nitrogen and oxygen atoms in total. The summed E-state index contributed by atoms with van der Waals surface area (Å²) in [6, 6.07) is 7.59. The normalized spacial score (nSPS) is 10.6. The van der Waals surface area contributed by atoms with Gasteiger partial charge in [0, 0.05) is 12.2 Å². The number of nitrogens with zero attached hydrogens (tertiary/aromatic N) is 1. The average molecular weight is 199 g/mol. The van der Waals surface area contributed by atoms with E-state index in [9.17, 15) is 8.78 Å². The third-order valence-electron chi connectivity index (χ3n) is 2.20. The molecule has 1 aromatic carbocycles. The van der Waals surface area contributed by atoms with Crippen LogP contribution < -0.4 is 4.90 Å². The molecule has 1 rings (SSSR count). The maximum absolute atomic E-state index is 12.2. The lowest BCUT2D eigenvalue weighted by Crippen LogP contribution is -2.28. The summed E-state index contributed by atoms with van der Waals surface area (Å²) in [4.78, 5) is 1.69. The van der Waals surface area contributed by atoms with Crippen molar-refractivity contribution in [3.05, 3.63) is 29.8 Å². The Morgan fingerprint density at radius 1 is 1.29 bits per heavy atom. The Kier molecular flexibility index (Phi) is 3.86. The van der Waals surface area contributed by atoms with Crippen molar-refractivity contribution in [3.63, 3.8) is 0 Å². The van der Waals surface area contributed by atoms with Gasteiger partial charge in [0.25, 0.3) is 6.43 Å². The van der Waals surface area contributed by atoms with Crippen LogP contribution in [0, 0.1) is 6.92 Å². The number of para-hydroxylation sites is 1. The monoisotopic (exact) mass is 199 g/mol. The van der Waals surface area contributed by atoms with Gasteiger partial charge in [0.2, 0.25) is 0 Å². The van der Waals surface area contributed by atoms with Gasteiger partial charge in [0.1, 0.15) is 0 Å². The molecule has 0 heterocycles. The van der Waals surface area contributed by atoms with E-state index in [1.165, 1.54) is 0 Å². The minimum absolute atomic E-state index is 0.193. The quantitative estimate of drug-likeness (QED) is 0.720. The smallest absolute Gasteiger partial charge is 0.255 e. The van der Waals surface area contributed by atoms with Gasteiger partial charge in [-0.05, 0) is 25.5 Å². The number of hydrogen-bond acceptors (Lipinski definition) is 1. The molecule has 0 unspecified atom stereocenters. The minimum atomic E-state index is -2.28. The van der Waals surface area contributed by atoms with Gasteiger partial charge in [-0.15, -0.1) is 0 Å². The molecule has 0 N–H and O–H groups in total. The van der Waals surface area contributed by atoms with Crippen molar-refractivity contribution in [2.24, 2.45) is 0 Å². The number of aryl methyl sites for hydroxylation is 1. The molecule has 14 heavy (non-hydrogen) atoms. The summed E-state index contributed by atoms with van der Waals surface area (Å²) < 4.78 is 24.5. The highest BCUT2D eigenvalue weighted by atomic mass is 19.3. The van der Waals surface area contributed by atoms with Crippen molar-refractivity contribution in [1.82, 2.24) is 0 Å². The molecule has 0 aliphatic carbocycles. The predicted octanol–water partition coefficient (Wildman–Crippen LogP) is 3.09. The zero-order chi connectivity index (χ0) is 10.6. The van der Waals surface area contributed by atoms with Crippen LogP contribution in [0.4, 0.5) is 14.5 Å². The first-order chi connectivity index (χ1) is 6.65. The van der Waals surface area contributed by atoms with Crippen LogP contribution in [0.5, 0.6) is 0 Å². The molecule has 0 saturated heterocycles. The van der Waals surface area contributed by atoms with E-state index in [-0.39, 0.29) is 6.54 Å². The molecule has 3 heteroatoms. The van der Waals surface area contributed by atoms with Crippen LogP contribution in [0.25, 0.3) is 0 Å². The summed E-state index contributed by atoms with van der Waals surface area (Å²) in [6.45, 7) is 4.23. The van der Waals surface area contributed by atoms with Gasteiger partial charge in [-0.2, -0.15) is 0 Å². The van der Waals surface area contributed by atoms with Gasteiger partial charge in [-0.3, -0.25) is 0 Å². The van der Waals surface area contributed by atoms with Crippen molar-refractivity contribution in [1.29, 1.82) is 0 Å². The number of benzene rings is 1. The average Bonchev–Trinajstić information content (AvgIpc) is 2.15. The topological polar surface area (TPSA) is 3.24 Å². The molecule has 1 aromatic rings. The zero-order valence-electron chi connectivity index (χ0n) is 8.50. The molecule has 0 aliphatic rings. The van der Waals surface area contributed by atoms with Crippen LogP contribution >= 0.6 is 0 Å². The summed E-state index contributed by atoms with van der Waals surface area (Å²) in [5.74, 6) is 0.